The number of carbonyl (C=O) groups excluding carboxylic acids is 2. The molecule has 0 radical (unpaired) electrons. The lowest BCUT2D eigenvalue weighted by Crippen LogP contribution is -2.16. The topological polar surface area (TPSA) is 107 Å². The molecule has 0 bridgehead atoms. The second-order valence-corrected chi connectivity index (χ2v) is 7.56. The molecule has 0 atom stereocenters. The molecule has 0 unspecified atom stereocenters. The van der Waals surface area contributed by atoms with Crippen molar-refractivity contribution in [1.29, 1.82) is 0 Å². The van der Waals surface area contributed by atoms with Crippen LogP contribution in [0.3, 0.4) is 0 Å². The van der Waals surface area contributed by atoms with Crippen molar-refractivity contribution >= 4 is 34.9 Å². The molecule has 9 heteroatoms. The van der Waals surface area contributed by atoms with E-state index < -0.39 is 12.1 Å². The van der Waals surface area contributed by atoms with Crippen molar-refractivity contribution in [2.45, 2.75) is 34.6 Å². The molecule has 0 aliphatic heterocycles. The van der Waals surface area contributed by atoms with Gasteiger partial charge in [0, 0.05) is 17.1 Å². The molecular formula is C22H27N5O4. The Morgan fingerprint density at radius 3 is 2.65 bits per heavy atom. The molecule has 0 aliphatic rings. The Kier molecular flexibility index (Phi) is 6.74. The van der Waals surface area contributed by atoms with Crippen LogP contribution in [0.1, 0.15) is 42.4 Å². The number of hydrogen-bond donors (Lipinski definition) is 2. The van der Waals surface area contributed by atoms with E-state index in [9.17, 15) is 9.59 Å². The highest BCUT2D eigenvalue weighted by atomic mass is 16.5. The second kappa shape index (κ2) is 9.46. The number of nitrogens with one attached hydrogen (secondary N) is 2. The van der Waals surface area contributed by atoms with Crippen molar-refractivity contribution in [2.75, 3.05) is 23.8 Å². The fraction of sp³-hybridized carbons (Fsp3) is 0.364. The lowest BCUT2D eigenvalue weighted by molar-refractivity contribution is 0.0525. The van der Waals surface area contributed by atoms with Gasteiger partial charge in [-0.3, -0.25) is 9.72 Å². The molecule has 0 saturated heterocycles. The zero-order valence-electron chi connectivity index (χ0n) is 18.4. The summed E-state index contributed by atoms with van der Waals surface area (Å²) in [5, 5.41) is 14.2. The Hall–Kier alpha value is -3.62. The minimum absolute atomic E-state index is 0.254. The molecule has 164 valence electrons. The summed E-state index contributed by atoms with van der Waals surface area (Å²) >= 11 is 0. The van der Waals surface area contributed by atoms with Crippen LogP contribution in [0.15, 0.2) is 30.5 Å². The molecule has 3 rings (SSSR count). The van der Waals surface area contributed by atoms with Gasteiger partial charge in [0.05, 0.1) is 30.5 Å². The van der Waals surface area contributed by atoms with Gasteiger partial charge in [-0.15, -0.1) is 5.10 Å². The highest BCUT2D eigenvalue weighted by Gasteiger charge is 2.18. The van der Waals surface area contributed by atoms with Gasteiger partial charge >= 0.3 is 12.1 Å². The smallest absolute Gasteiger partial charge is 0.411 e. The van der Waals surface area contributed by atoms with Crippen LogP contribution in [-0.4, -0.2) is 39.9 Å². The molecule has 1 amide bonds. The van der Waals surface area contributed by atoms with Gasteiger partial charge in [0.1, 0.15) is 0 Å². The molecule has 3 aromatic rings. The predicted molar refractivity (Wildman–Crippen MR) is 118 cm³/mol. The molecule has 31 heavy (non-hydrogen) atoms. The number of hydrogen-bond acceptors (Lipinski definition) is 7. The number of ether oxygens (including phenoxy) is 2. The van der Waals surface area contributed by atoms with Crippen LogP contribution in [0.5, 0.6) is 0 Å². The molecule has 1 aromatic carbocycles. The van der Waals surface area contributed by atoms with E-state index >= 15 is 0 Å². The summed E-state index contributed by atoms with van der Waals surface area (Å²) in [4.78, 5) is 24.2. The predicted octanol–water partition coefficient (Wildman–Crippen LogP) is 4.47. The number of esters is 1. The van der Waals surface area contributed by atoms with Gasteiger partial charge in [-0.25, -0.2) is 9.59 Å². The van der Waals surface area contributed by atoms with Crippen molar-refractivity contribution in [3.63, 3.8) is 0 Å². The Morgan fingerprint density at radius 1 is 1.16 bits per heavy atom. The molecule has 0 aliphatic carbocycles. The highest BCUT2D eigenvalue weighted by molar-refractivity contribution is 5.93. The van der Waals surface area contributed by atoms with Crippen LogP contribution < -0.4 is 10.6 Å². The van der Waals surface area contributed by atoms with Gasteiger partial charge in [0.15, 0.2) is 0 Å². The number of aryl methyl sites for hydroxylation is 2. The molecule has 0 spiro atoms. The first-order chi connectivity index (χ1) is 14.8. The van der Waals surface area contributed by atoms with Gasteiger partial charge in [-0.1, -0.05) is 19.9 Å². The average molecular weight is 425 g/mol. The number of anilines is 3. The van der Waals surface area contributed by atoms with Crippen molar-refractivity contribution < 1.29 is 19.1 Å². The Balaban J connectivity index is 1.88. The molecule has 0 fully saturated rings. The van der Waals surface area contributed by atoms with Crippen LogP contribution in [0, 0.1) is 19.8 Å². The standard InChI is InChI=1S/C22H27N5O4/c1-6-30-20(28)18-10-17-11-23-26-21(27(17)15(18)5)25-19-9-16(8-7-14(19)4)24-22(29)31-12-13(2)3/h7-11,13H,6,12H2,1-5H3,(H,24,29)(H,25,26). The summed E-state index contributed by atoms with van der Waals surface area (Å²) in [5.41, 5.74) is 4.11. The zero-order chi connectivity index (χ0) is 22.5. The summed E-state index contributed by atoms with van der Waals surface area (Å²) < 4.78 is 12.1. The van der Waals surface area contributed by atoms with Gasteiger partial charge in [0.25, 0.3) is 0 Å². The monoisotopic (exact) mass is 425 g/mol. The summed E-state index contributed by atoms with van der Waals surface area (Å²) in [6.45, 7) is 10.1. The average Bonchev–Trinajstić information content (AvgIpc) is 3.07. The van der Waals surface area contributed by atoms with Crippen molar-refractivity contribution in [3.05, 3.63) is 47.3 Å². The second-order valence-electron chi connectivity index (χ2n) is 7.56. The Labute approximate surface area is 180 Å². The van der Waals surface area contributed by atoms with E-state index in [1.54, 1.807) is 35.7 Å². The molecular weight excluding hydrogens is 398 g/mol. The van der Waals surface area contributed by atoms with Crippen LogP contribution in [0.25, 0.3) is 5.52 Å². The van der Waals surface area contributed by atoms with Gasteiger partial charge < -0.3 is 14.8 Å². The molecule has 0 saturated carbocycles. The van der Waals surface area contributed by atoms with Crippen LogP contribution in [0.2, 0.25) is 0 Å². The van der Waals surface area contributed by atoms with E-state index in [1.165, 1.54) is 0 Å². The lowest BCUT2D eigenvalue weighted by Gasteiger charge is -2.14. The van der Waals surface area contributed by atoms with Gasteiger partial charge in [-0.05, 0) is 50.5 Å². The molecule has 2 heterocycles. The van der Waals surface area contributed by atoms with E-state index in [0.717, 1.165) is 11.3 Å². The summed E-state index contributed by atoms with van der Waals surface area (Å²) in [5.74, 6) is 0.300. The molecule has 2 aromatic heterocycles. The van der Waals surface area contributed by atoms with Gasteiger partial charge in [-0.2, -0.15) is 5.10 Å². The van der Waals surface area contributed by atoms with Crippen LogP contribution in [0.4, 0.5) is 22.1 Å². The highest BCUT2D eigenvalue weighted by Crippen LogP contribution is 2.26. The van der Waals surface area contributed by atoms with E-state index in [4.69, 9.17) is 9.47 Å². The quantitative estimate of drug-likeness (QED) is 0.538. The summed E-state index contributed by atoms with van der Waals surface area (Å²) in [6, 6.07) is 7.18. The van der Waals surface area contributed by atoms with E-state index in [0.29, 0.717) is 41.6 Å². The van der Waals surface area contributed by atoms with Crippen LogP contribution >= 0.6 is 0 Å². The fourth-order valence-corrected chi connectivity index (χ4v) is 3.04. The number of benzene rings is 1. The maximum Gasteiger partial charge on any atom is 0.411 e. The number of amides is 1. The molecule has 9 nitrogen and oxygen atoms in total. The maximum absolute atomic E-state index is 12.3. The van der Waals surface area contributed by atoms with Crippen molar-refractivity contribution in [1.82, 2.24) is 14.6 Å². The van der Waals surface area contributed by atoms with Gasteiger partial charge in [0.2, 0.25) is 5.95 Å². The third kappa shape index (κ3) is 5.11. The number of nitrogens with zero attached hydrogens (tertiary/aromatic N) is 3. The lowest BCUT2D eigenvalue weighted by atomic mass is 10.2. The first-order valence-electron chi connectivity index (χ1n) is 10.1. The molecule has 2 N–H and O–H groups in total. The van der Waals surface area contributed by atoms with Crippen LogP contribution in [-0.2, 0) is 9.47 Å². The number of rotatable bonds is 7. The maximum atomic E-state index is 12.3. The number of aromatic nitrogens is 3. The summed E-state index contributed by atoms with van der Waals surface area (Å²) in [7, 11) is 0. The third-order valence-electron chi connectivity index (χ3n) is 4.60. The first kappa shape index (κ1) is 22.1. The number of carbonyl (C=O) groups is 2. The Bertz CT molecular complexity index is 1110. The fourth-order valence-electron chi connectivity index (χ4n) is 3.04. The minimum Gasteiger partial charge on any atom is -0.462 e. The minimum atomic E-state index is -0.509. The summed E-state index contributed by atoms with van der Waals surface area (Å²) in [6.07, 6.45) is 1.07. The van der Waals surface area contributed by atoms with Crippen molar-refractivity contribution in [2.24, 2.45) is 5.92 Å². The Morgan fingerprint density at radius 2 is 1.94 bits per heavy atom. The third-order valence-corrected chi connectivity index (χ3v) is 4.60. The normalized spacial score (nSPS) is 10.9. The van der Waals surface area contributed by atoms with E-state index in [2.05, 4.69) is 20.8 Å². The number of fused-ring (bicyclic) bond motifs is 1. The SMILES string of the molecule is CCOC(=O)c1cc2cnnc(Nc3cc(NC(=O)OCC(C)C)ccc3C)n2c1C. The first-order valence-corrected chi connectivity index (χ1v) is 10.1. The van der Waals surface area contributed by atoms with E-state index in [1.807, 2.05) is 33.8 Å². The zero-order valence-corrected chi connectivity index (χ0v) is 18.4. The van der Waals surface area contributed by atoms with Crippen molar-refractivity contribution in [3.8, 4) is 0 Å². The van der Waals surface area contributed by atoms with E-state index in [-0.39, 0.29) is 5.92 Å². The largest absolute Gasteiger partial charge is 0.462 e.